The predicted octanol–water partition coefficient (Wildman–Crippen LogP) is 3.42. The summed E-state index contributed by atoms with van der Waals surface area (Å²) in [6, 6.07) is 8.68. The molecule has 2 atom stereocenters. The monoisotopic (exact) mass is 309 g/mol. The number of rotatable bonds is 2. The molecule has 1 aliphatic heterocycles. The number of nitrogens with two attached hydrogens (primary N) is 1. The molecular weight excluding hydrogens is 286 g/mol. The number of imidazole rings is 1. The van der Waals surface area contributed by atoms with Crippen molar-refractivity contribution in [3.63, 3.8) is 0 Å². The van der Waals surface area contributed by atoms with Crippen LogP contribution in [0.2, 0.25) is 0 Å². The van der Waals surface area contributed by atoms with Gasteiger partial charge in [-0.3, -0.25) is 0 Å². The van der Waals surface area contributed by atoms with E-state index in [1.165, 1.54) is 0 Å². The van der Waals surface area contributed by atoms with E-state index in [9.17, 15) is 0 Å². The molecule has 0 spiro atoms. The van der Waals surface area contributed by atoms with Gasteiger partial charge in [0, 0.05) is 24.5 Å². The third-order valence-corrected chi connectivity index (χ3v) is 5.10. The zero-order chi connectivity index (χ0) is 16.1. The van der Waals surface area contributed by atoms with Crippen molar-refractivity contribution in [2.45, 2.75) is 39.8 Å². The molecule has 5 nitrogen and oxygen atoms in total. The van der Waals surface area contributed by atoms with Crippen LogP contribution < -0.4 is 10.6 Å². The van der Waals surface area contributed by atoms with E-state index in [1.54, 1.807) is 0 Å². The average Bonchev–Trinajstić information content (AvgIpc) is 2.92. The summed E-state index contributed by atoms with van der Waals surface area (Å²) in [5.41, 5.74) is 9.12. The van der Waals surface area contributed by atoms with Gasteiger partial charge in [0.2, 0.25) is 5.95 Å². The Morgan fingerprint density at radius 1 is 1.22 bits per heavy atom. The summed E-state index contributed by atoms with van der Waals surface area (Å²) in [5.74, 6) is 2.13. The summed E-state index contributed by atoms with van der Waals surface area (Å²) < 4.78 is 2.34. The lowest BCUT2D eigenvalue weighted by atomic mass is 9.99. The standard InChI is InChI=1S/C18H23N5/c1-4-9-22-12(3)11(2)10-23-16-13-7-5-6-8-14(13)20-17(19)15(16)21-18(22)23/h5-8,11-12H,4,9-10H2,1-3H3,(H2,19,20). The molecule has 1 aromatic carbocycles. The maximum Gasteiger partial charge on any atom is 0.206 e. The summed E-state index contributed by atoms with van der Waals surface area (Å²) in [5, 5.41) is 1.13. The fraction of sp³-hybridized carbons (Fsp3) is 0.444. The summed E-state index contributed by atoms with van der Waals surface area (Å²) in [6.45, 7) is 8.81. The topological polar surface area (TPSA) is 60.0 Å². The van der Waals surface area contributed by atoms with E-state index < -0.39 is 0 Å². The quantitative estimate of drug-likeness (QED) is 0.788. The molecule has 120 valence electrons. The molecule has 5 heteroatoms. The van der Waals surface area contributed by atoms with E-state index in [0.29, 0.717) is 17.8 Å². The predicted molar refractivity (Wildman–Crippen MR) is 95.7 cm³/mol. The third kappa shape index (κ3) is 1.99. The SMILES string of the molecule is CCCN1c2nc3c(N)nc4ccccc4c3n2CC(C)C1C. The van der Waals surface area contributed by atoms with Crippen molar-refractivity contribution in [1.29, 1.82) is 0 Å². The maximum atomic E-state index is 6.22. The van der Waals surface area contributed by atoms with Crippen molar-refractivity contribution in [1.82, 2.24) is 14.5 Å². The Hall–Kier alpha value is -2.30. The molecule has 4 rings (SSSR count). The van der Waals surface area contributed by atoms with Gasteiger partial charge in [0.05, 0.1) is 11.0 Å². The Balaban J connectivity index is 2.07. The van der Waals surface area contributed by atoms with Gasteiger partial charge in [-0.1, -0.05) is 32.0 Å². The van der Waals surface area contributed by atoms with Crippen molar-refractivity contribution >= 4 is 33.7 Å². The number of hydrogen-bond donors (Lipinski definition) is 1. The van der Waals surface area contributed by atoms with E-state index in [2.05, 4.69) is 47.4 Å². The number of fused-ring (bicyclic) bond motifs is 5. The Morgan fingerprint density at radius 2 is 2.00 bits per heavy atom. The summed E-state index contributed by atoms with van der Waals surface area (Å²) >= 11 is 0. The lowest BCUT2D eigenvalue weighted by Gasteiger charge is -2.39. The highest BCUT2D eigenvalue weighted by Gasteiger charge is 2.32. The molecule has 0 saturated carbocycles. The Labute approximate surface area is 136 Å². The number of nitrogen functional groups attached to an aromatic ring is 1. The van der Waals surface area contributed by atoms with Crippen LogP contribution in [0.5, 0.6) is 0 Å². The van der Waals surface area contributed by atoms with Gasteiger partial charge in [0.1, 0.15) is 5.52 Å². The first-order valence-electron chi connectivity index (χ1n) is 8.43. The molecule has 0 amide bonds. The summed E-state index contributed by atoms with van der Waals surface area (Å²) in [7, 11) is 0. The number of pyridine rings is 1. The van der Waals surface area contributed by atoms with E-state index in [1.807, 2.05) is 12.1 Å². The van der Waals surface area contributed by atoms with Crippen LogP contribution >= 0.6 is 0 Å². The first-order chi connectivity index (χ1) is 11.1. The molecule has 0 aliphatic carbocycles. The fourth-order valence-electron chi connectivity index (χ4n) is 3.71. The zero-order valence-electron chi connectivity index (χ0n) is 14.0. The van der Waals surface area contributed by atoms with Crippen LogP contribution in [-0.2, 0) is 6.54 Å². The lowest BCUT2D eigenvalue weighted by Crippen LogP contribution is -2.45. The Bertz CT molecular complexity index is 882. The van der Waals surface area contributed by atoms with E-state index in [0.717, 1.165) is 47.4 Å². The largest absolute Gasteiger partial charge is 0.382 e. The minimum Gasteiger partial charge on any atom is -0.382 e. The van der Waals surface area contributed by atoms with E-state index in [4.69, 9.17) is 10.7 Å². The summed E-state index contributed by atoms with van der Waals surface area (Å²) in [4.78, 5) is 11.8. The van der Waals surface area contributed by atoms with Gasteiger partial charge < -0.3 is 15.2 Å². The highest BCUT2D eigenvalue weighted by atomic mass is 15.4. The lowest BCUT2D eigenvalue weighted by molar-refractivity contribution is 0.358. The molecule has 23 heavy (non-hydrogen) atoms. The molecule has 0 radical (unpaired) electrons. The van der Waals surface area contributed by atoms with Crippen molar-refractivity contribution in [2.24, 2.45) is 5.92 Å². The van der Waals surface area contributed by atoms with Gasteiger partial charge in [0.25, 0.3) is 0 Å². The van der Waals surface area contributed by atoms with Crippen LogP contribution in [0.4, 0.5) is 11.8 Å². The molecule has 0 saturated heterocycles. The second kappa shape index (κ2) is 5.11. The molecular formula is C18H23N5. The molecule has 0 fully saturated rings. The molecule has 2 unspecified atom stereocenters. The fourth-order valence-corrected chi connectivity index (χ4v) is 3.71. The average molecular weight is 309 g/mol. The first-order valence-corrected chi connectivity index (χ1v) is 8.43. The number of aromatic nitrogens is 3. The van der Waals surface area contributed by atoms with Crippen LogP contribution in [0.15, 0.2) is 24.3 Å². The second-order valence-electron chi connectivity index (χ2n) is 6.65. The summed E-state index contributed by atoms with van der Waals surface area (Å²) in [6.07, 6.45) is 1.11. The first kappa shape index (κ1) is 14.3. The van der Waals surface area contributed by atoms with Crippen molar-refractivity contribution in [3.8, 4) is 0 Å². The number of hydrogen-bond acceptors (Lipinski definition) is 4. The molecule has 0 bridgehead atoms. The smallest absolute Gasteiger partial charge is 0.206 e. The Kier molecular flexibility index (Phi) is 3.18. The van der Waals surface area contributed by atoms with Crippen molar-refractivity contribution in [3.05, 3.63) is 24.3 Å². The minimum atomic E-state index is 0.486. The molecule has 1 aliphatic rings. The van der Waals surface area contributed by atoms with Crippen LogP contribution in [0.25, 0.3) is 21.9 Å². The van der Waals surface area contributed by atoms with Crippen LogP contribution in [0.3, 0.4) is 0 Å². The number of anilines is 2. The van der Waals surface area contributed by atoms with Crippen LogP contribution in [0.1, 0.15) is 27.2 Å². The number of benzene rings is 1. The van der Waals surface area contributed by atoms with Crippen molar-refractivity contribution in [2.75, 3.05) is 17.2 Å². The molecule has 2 aromatic heterocycles. The van der Waals surface area contributed by atoms with Gasteiger partial charge in [-0.25, -0.2) is 9.97 Å². The second-order valence-corrected chi connectivity index (χ2v) is 6.65. The number of nitrogens with zero attached hydrogens (tertiary/aromatic N) is 4. The van der Waals surface area contributed by atoms with Gasteiger partial charge in [0.15, 0.2) is 5.82 Å². The van der Waals surface area contributed by atoms with Gasteiger partial charge in [-0.05, 0) is 25.3 Å². The minimum absolute atomic E-state index is 0.486. The van der Waals surface area contributed by atoms with Crippen LogP contribution in [0, 0.1) is 5.92 Å². The zero-order valence-corrected chi connectivity index (χ0v) is 14.0. The molecule has 3 aromatic rings. The van der Waals surface area contributed by atoms with E-state index in [-0.39, 0.29) is 0 Å². The van der Waals surface area contributed by atoms with Gasteiger partial charge >= 0.3 is 0 Å². The maximum absolute atomic E-state index is 6.22. The highest BCUT2D eigenvalue weighted by molar-refractivity contribution is 6.07. The molecule has 3 heterocycles. The van der Waals surface area contributed by atoms with Gasteiger partial charge in [-0.15, -0.1) is 0 Å². The third-order valence-electron chi connectivity index (χ3n) is 5.10. The Morgan fingerprint density at radius 3 is 2.78 bits per heavy atom. The van der Waals surface area contributed by atoms with E-state index >= 15 is 0 Å². The normalized spacial score (nSPS) is 21.1. The highest BCUT2D eigenvalue weighted by Crippen LogP contribution is 2.36. The van der Waals surface area contributed by atoms with Crippen LogP contribution in [-0.4, -0.2) is 27.1 Å². The van der Waals surface area contributed by atoms with Crippen molar-refractivity contribution < 1.29 is 0 Å². The number of para-hydroxylation sites is 1. The van der Waals surface area contributed by atoms with Gasteiger partial charge in [-0.2, -0.15) is 0 Å². The molecule has 2 N–H and O–H groups in total.